The first-order valence-electron chi connectivity index (χ1n) is 5.01. The highest BCUT2D eigenvalue weighted by molar-refractivity contribution is 7.92. The van der Waals surface area contributed by atoms with Gasteiger partial charge in [-0.3, -0.25) is 4.79 Å². The Kier molecular flexibility index (Phi) is 6.54. The summed E-state index contributed by atoms with van der Waals surface area (Å²) in [6.45, 7) is 2.08. The molecule has 0 spiro atoms. The van der Waals surface area contributed by atoms with Crippen LogP contribution in [0.3, 0.4) is 0 Å². The van der Waals surface area contributed by atoms with Gasteiger partial charge in [0.2, 0.25) is 5.91 Å². The topological polar surface area (TPSA) is 98.5 Å². The minimum Gasteiger partial charge on any atom is -0.383 e. The fourth-order valence-corrected chi connectivity index (χ4v) is 1.57. The molecule has 0 aliphatic heterocycles. The van der Waals surface area contributed by atoms with Crippen LogP contribution in [0.2, 0.25) is 0 Å². The number of methoxy groups -OCH3 is 1. The van der Waals surface area contributed by atoms with Crippen LogP contribution in [0.1, 0.15) is 13.3 Å². The molecule has 2 atom stereocenters. The van der Waals surface area contributed by atoms with Gasteiger partial charge in [0, 0.05) is 13.4 Å². The molecule has 2 unspecified atom stereocenters. The summed E-state index contributed by atoms with van der Waals surface area (Å²) in [6.07, 6.45) is 1.58. The molecule has 3 N–H and O–H groups in total. The van der Waals surface area contributed by atoms with Crippen LogP contribution in [-0.2, 0) is 19.4 Å². The number of amides is 1. The second kappa shape index (κ2) is 6.82. The zero-order chi connectivity index (χ0) is 12.8. The Balaban J connectivity index is 4.39. The quantitative estimate of drug-likeness (QED) is 0.599. The van der Waals surface area contributed by atoms with Gasteiger partial charge in [-0.15, -0.1) is 0 Å². The van der Waals surface area contributed by atoms with Gasteiger partial charge in [-0.2, -0.15) is 0 Å². The van der Waals surface area contributed by atoms with Gasteiger partial charge in [0.05, 0.1) is 12.6 Å². The van der Waals surface area contributed by atoms with Crippen LogP contribution in [-0.4, -0.2) is 52.1 Å². The number of ether oxygens (including phenoxy) is 1. The highest BCUT2D eigenvalue weighted by atomic mass is 32.2. The molecule has 0 aromatic heterocycles. The second-order valence-corrected chi connectivity index (χ2v) is 6.08. The third-order valence-corrected chi connectivity index (χ3v) is 3.74. The van der Waals surface area contributed by atoms with Crippen LogP contribution in [0.25, 0.3) is 0 Å². The maximum atomic E-state index is 11.6. The van der Waals surface area contributed by atoms with E-state index in [-0.39, 0.29) is 6.04 Å². The van der Waals surface area contributed by atoms with E-state index >= 15 is 0 Å². The monoisotopic (exact) mass is 252 g/mol. The van der Waals surface area contributed by atoms with Crippen molar-refractivity contribution in [1.82, 2.24) is 5.32 Å². The lowest BCUT2D eigenvalue weighted by Crippen LogP contribution is -2.45. The smallest absolute Gasteiger partial charge is 0.238 e. The molecule has 7 heteroatoms. The van der Waals surface area contributed by atoms with Crippen molar-refractivity contribution in [2.45, 2.75) is 24.6 Å². The van der Waals surface area contributed by atoms with E-state index in [1.807, 2.05) is 0 Å². The summed E-state index contributed by atoms with van der Waals surface area (Å²) in [7, 11) is -1.85. The predicted octanol–water partition coefficient (Wildman–Crippen LogP) is -1.10. The van der Waals surface area contributed by atoms with Gasteiger partial charge >= 0.3 is 0 Å². The first kappa shape index (κ1) is 15.3. The van der Waals surface area contributed by atoms with Crippen LogP contribution in [0.4, 0.5) is 0 Å². The van der Waals surface area contributed by atoms with Gasteiger partial charge in [0.15, 0.2) is 9.84 Å². The van der Waals surface area contributed by atoms with Crippen molar-refractivity contribution in [2.24, 2.45) is 5.73 Å². The molecule has 0 rings (SSSR count). The third-order valence-electron chi connectivity index (χ3n) is 2.24. The summed E-state index contributed by atoms with van der Waals surface area (Å²) >= 11 is 0. The number of rotatable bonds is 7. The van der Waals surface area contributed by atoms with Crippen molar-refractivity contribution < 1.29 is 17.9 Å². The Hall–Kier alpha value is -0.660. The predicted molar refractivity (Wildman–Crippen MR) is 61.8 cm³/mol. The van der Waals surface area contributed by atoms with Gasteiger partial charge in [0.25, 0.3) is 0 Å². The van der Waals surface area contributed by atoms with E-state index in [9.17, 15) is 13.2 Å². The van der Waals surface area contributed by atoms with E-state index in [1.54, 1.807) is 0 Å². The first-order chi connectivity index (χ1) is 7.32. The van der Waals surface area contributed by atoms with Crippen molar-refractivity contribution >= 4 is 15.7 Å². The average molecular weight is 252 g/mol. The molecule has 96 valence electrons. The van der Waals surface area contributed by atoms with Crippen molar-refractivity contribution in [3.63, 3.8) is 0 Å². The maximum absolute atomic E-state index is 11.6. The maximum Gasteiger partial charge on any atom is 0.238 e. The number of nitrogens with one attached hydrogen (secondary N) is 1. The van der Waals surface area contributed by atoms with E-state index < -0.39 is 21.0 Å². The summed E-state index contributed by atoms with van der Waals surface area (Å²) in [4.78, 5) is 11.6. The Morgan fingerprint density at radius 3 is 2.44 bits per heavy atom. The van der Waals surface area contributed by atoms with Crippen molar-refractivity contribution in [3.05, 3.63) is 0 Å². The Morgan fingerprint density at radius 1 is 1.50 bits per heavy atom. The highest BCUT2D eigenvalue weighted by Gasteiger charge is 2.25. The van der Waals surface area contributed by atoms with Crippen LogP contribution < -0.4 is 11.1 Å². The van der Waals surface area contributed by atoms with E-state index in [4.69, 9.17) is 10.5 Å². The molecule has 0 aromatic carbocycles. The summed E-state index contributed by atoms with van der Waals surface area (Å²) < 4.78 is 27.2. The van der Waals surface area contributed by atoms with Gasteiger partial charge in [-0.1, -0.05) is 0 Å². The number of sulfone groups is 1. The molecular formula is C9H20N2O4S. The van der Waals surface area contributed by atoms with Crippen LogP contribution >= 0.6 is 0 Å². The number of hydrogen-bond acceptors (Lipinski definition) is 5. The van der Waals surface area contributed by atoms with Crippen LogP contribution in [0, 0.1) is 0 Å². The summed E-state index contributed by atoms with van der Waals surface area (Å²) in [5, 5.41) is 1.55. The molecule has 0 aromatic rings. The Bertz CT molecular complexity index is 309. The fraction of sp³-hybridized carbons (Fsp3) is 0.889. The molecule has 0 fully saturated rings. The lowest BCUT2D eigenvalue weighted by atomic mass is 10.2. The minimum absolute atomic E-state index is 0.244. The lowest BCUT2D eigenvalue weighted by Gasteiger charge is -2.19. The number of hydrogen-bond donors (Lipinski definition) is 2. The van der Waals surface area contributed by atoms with E-state index in [2.05, 4.69) is 5.32 Å². The normalized spacial score (nSPS) is 15.5. The zero-order valence-electron chi connectivity index (χ0n) is 9.89. The third kappa shape index (κ3) is 5.43. The minimum atomic E-state index is -3.36. The van der Waals surface area contributed by atoms with Crippen molar-refractivity contribution in [2.75, 3.05) is 26.5 Å². The molecule has 1 amide bonds. The average Bonchev–Trinajstić information content (AvgIpc) is 2.15. The van der Waals surface area contributed by atoms with E-state index in [1.165, 1.54) is 14.0 Å². The molecule has 0 heterocycles. The van der Waals surface area contributed by atoms with Gasteiger partial charge in [0.1, 0.15) is 5.25 Å². The van der Waals surface area contributed by atoms with Crippen molar-refractivity contribution in [1.29, 1.82) is 0 Å². The molecule has 0 radical (unpaired) electrons. The summed E-state index contributed by atoms with van der Waals surface area (Å²) in [5.41, 5.74) is 5.37. The Morgan fingerprint density at radius 2 is 2.06 bits per heavy atom. The zero-order valence-corrected chi connectivity index (χ0v) is 10.7. The number of carbonyl (C=O) groups is 1. The fourth-order valence-electron chi connectivity index (χ4n) is 1.11. The standard InChI is InChI=1S/C9H20N2O4S/c1-7(16(3,13)14)9(12)11-8(4-5-10)6-15-2/h7-8H,4-6,10H2,1-3H3,(H,11,12). The molecule has 0 saturated carbocycles. The van der Waals surface area contributed by atoms with Crippen LogP contribution in [0.5, 0.6) is 0 Å². The molecule has 0 saturated heterocycles. The molecule has 0 aliphatic rings. The molecule has 16 heavy (non-hydrogen) atoms. The van der Waals surface area contributed by atoms with Crippen LogP contribution in [0.15, 0.2) is 0 Å². The summed E-state index contributed by atoms with van der Waals surface area (Å²) in [6, 6.07) is -0.244. The van der Waals surface area contributed by atoms with E-state index in [0.717, 1.165) is 6.26 Å². The largest absolute Gasteiger partial charge is 0.383 e. The second-order valence-electron chi connectivity index (χ2n) is 3.71. The molecular weight excluding hydrogens is 232 g/mol. The number of nitrogens with two attached hydrogens (primary N) is 1. The van der Waals surface area contributed by atoms with E-state index in [0.29, 0.717) is 19.6 Å². The highest BCUT2D eigenvalue weighted by Crippen LogP contribution is 2.00. The Labute approximate surface area is 96.4 Å². The number of carbonyl (C=O) groups excluding carboxylic acids is 1. The first-order valence-corrected chi connectivity index (χ1v) is 6.96. The summed E-state index contributed by atoms with van der Waals surface area (Å²) in [5.74, 6) is -0.516. The lowest BCUT2D eigenvalue weighted by molar-refractivity contribution is -0.121. The molecule has 6 nitrogen and oxygen atoms in total. The molecule has 0 bridgehead atoms. The van der Waals surface area contributed by atoms with Gasteiger partial charge in [-0.05, 0) is 19.9 Å². The molecule has 0 aliphatic carbocycles. The van der Waals surface area contributed by atoms with Gasteiger partial charge in [-0.25, -0.2) is 8.42 Å². The van der Waals surface area contributed by atoms with Gasteiger partial charge < -0.3 is 15.8 Å². The van der Waals surface area contributed by atoms with Crippen molar-refractivity contribution in [3.8, 4) is 0 Å². The SMILES string of the molecule is COCC(CCN)NC(=O)C(C)S(C)(=O)=O.